The Labute approximate surface area is 224 Å². The lowest BCUT2D eigenvalue weighted by atomic mass is 9.77. The van der Waals surface area contributed by atoms with Crippen molar-refractivity contribution in [3.63, 3.8) is 0 Å². The van der Waals surface area contributed by atoms with Crippen LogP contribution in [-0.4, -0.2) is 75.2 Å². The molecule has 2 fully saturated rings. The van der Waals surface area contributed by atoms with Crippen molar-refractivity contribution in [1.82, 2.24) is 25.0 Å². The molecule has 3 heterocycles. The first-order valence-corrected chi connectivity index (χ1v) is 13.1. The van der Waals surface area contributed by atoms with E-state index in [2.05, 4.69) is 25.6 Å². The number of fused-ring (bicyclic) bond motifs is 1. The Bertz CT molecular complexity index is 1310. The van der Waals surface area contributed by atoms with Crippen molar-refractivity contribution in [2.45, 2.75) is 56.5 Å². The second-order valence-electron chi connectivity index (χ2n) is 10.6. The molecule has 12 heteroatoms. The van der Waals surface area contributed by atoms with E-state index in [4.69, 9.17) is 4.74 Å². The molecule has 0 radical (unpaired) electrons. The van der Waals surface area contributed by atoms with Crippen LogP contribution < -0.4 is 15.4 Å². The summed E-state index contributed by atoms with van der Waals surface area (Å²) in [5.41, 5.74) is 1.67. The predicted molar refractivity (Wildman–Crippen MR) is 139 cm³/mol. The molecule has 210 valence electrons. The lowest BCUT2D eigenvalue weighted by Crippen LogP contribution is -2.63. The molecule has 0 unspecified atom stereocenters. The van der Waals surface area contributed by atoms with Gasteiger partial charge in [0.2, 0.25) is 5.91 Å². The number of ether oxygens (including phenoxy) is 1. The molecular weight excluding hydrogens is 513 g/mol. The SMILES string of the molecule is Cc1ccc(C2(O)CCC(N3CC(NC(=O)CNc4nn(C)c5ccc(OCC(F)(F)F)cc45)C3)CC2)cn1. The number of alkyl halides is 3. The molecule has 1 saturated carbocycles. The summed E-state index contributed by atoms with van der Waals surface area (Å²) < 4.78 is 44.0. The van der Waals surface area contributed by atoms with Gasteiger partial charge in [0, 0.05) is 49.0 Å². The summed E-state index contributed by atoms with van der Waals surface area (Å²) in [7, 11) is 1.72. The molecule has 2 aliphatic rings. The van der Waals surface area contributed by atoms with Crippen LogP contribution >= 0.6 is 0 Å². The molecular formula is C27H33F3N6O3. The predicted octanol–water partition coefficient (Wildman–Crippen LogP) is 3.26. The molecule has 3 aromatic rings. The zero-order valence-corrected chi connectivity index (χ0v) is 22.0. The Hall–Kier alpha value is -3.38. The Morgan fingerprint density at radius 1 is 1.21 bits per heavy atom. The number of amides is 1. The number of likely N-dealkylation sites (tertiary alicyclic amines) is 1. The van der Waals surface area contributed by atoms with Gasteiger partial charge in [0.25, 0.3) is 0 Å². The van der Waals surface area contributed by atoms with E-state index < -0.39 is 18.4 Å². The van der Waals surface area contributed by atoms with Crippen LogP contribution in [0.1, 0.15) is 36.9 Å². The summed E-state index contributed by atoms with van der Waals surface area (Å²) >= 11 is 0. The van der Waals surface area contributed by atoms with Gasteiger partial charge >= 0.3 is 6.18 Å². The topological polar surface area (TPSA) is 105 Å². The highest BCUT2D eigenvalue weighted by Crippen LogP contribution is 2.39. The first-order chi connectivity index (χ1) is 18.5. The molecule has 1 aromatic carbocycles. The van der Waals surface area contributed by atoms with Crippen LogP contribution in [0.3, 0.4) is 0 Å². The second kappa shape index (κ2) is 10.6. The van der Waals surface area contributed by atoms with Crippen molar-refractivity contribution in [3.05, 3.63) is 47.8 Å². The quantitative estimate of drug-likeness (QED) is 0.399. The lowest BCUT2D eigenvalue weighted by molar-refractivity contribution is -0.153. The molecule has 3 N–H and O–H groups in total. The van der Waals surface area contributed by atoms with Gasteiger partial charge in [0.05, 0.1) is 23.7 Å². The number of aliphatic hydroxyl groups is 1. The molecule has 1 aliphatic carbocycles. The Morgan fingerprint density at radius 2 is 1.95 bits per heavy atom. The van der Waals surface area contributed by atoms with Gasteiger partial charge in [-0.1, -0.05) is 6.07 Å². The van der Waals surface area contributed by atoms with E-state index >= 15 is 0 Å². The number of carbonyl (C=O) groups is 1. The number of aryl methyl sites for hydroxylation is 2. The molecule has 9 nitrogen and oxygen atoms in total. The number of nitrogens with zero attached hydrogens (tertiary/aromatic N) is 4. The number of hydrogen-bond acceptors (Lipinski definition) is 7. The van der Waals surface area contributed by atoms with Crippen LogP contribution in [0.5, 0.6) is 5.75 Å². The molecule has 0 spiro atoms. The number of rotatable bonds is 8. The average Bonchev–Trinajstić information content (AvgIpc) is 3.19. The maximum Gasteiger partial charge on any atom is 0.422 e. The molecule has 39 heavy (non-hydrogen) atoms. The lowest BCUT2D eigenvalue weighted by Gasteiger charge is -2.48. The summed E-state index contributed by atoms with van der Waals surface area (Å²) in [6.45, 7) is 2.04. The zero-order valence-electron chi connectivity index (χ0n) is 22.0. The van der Waals surface area contributed by atoms with E-state index in [0.29, 0.717) is 35.6 Å². The van der Waals surface area contributed by atoms with Crippen molar-refractivity contribution < 1.29 is 27.8 Å². The summed E-state index contributed by atoms with van der Waals surface area (Å²) in [6.07, 6.45) is 0.469. The van der Waals surface area contributed by atoms with E-state index in [9.17, 15) is 23.1 Å². The van der Waals surface area contributed by atoms with E-state index in [1.807, 2.05) is 19.1 Å². The molecule has 0 bridgehead atoms. The van der Waals surface area contributed by atoms with Crippen LogP contribution in [0.2, 0.25) is 0 Å². The minimum atomic E-state index is -4.43. The fourth-order valence-electron chi connectivity index (χ4n) is 5.45. The Morgan fingerprint density at radius 3 is 2.62 bits per heavy atom. The van der Waals surface area contributed by atoms with Crippen molar-refractivity contribution in [3.8, 4) is 5.75 Å². The van der Waals surface area contributed by atoms with Crippen LogP contribution in [-0.2, 0) is 17.4 Å². The normalized spacial score (nSPS) is 22.5. The van der Waals surface area contributed by atoms with Gasteiger partial charge in [-0.15, -0.1) is 0 Å². The number of benzene rings is 1. The van der Waals surface area contributed by atoms with Crippen LogP contribution in [0.4, 0.5) is 19.0 Å². The van der Waals surface area contributed by atoms with Gasteiger partial charge in [-0.2, -0.15) is 18.3 Å². The third kappa shape index (κ3) is 6.27. The van der Waals surface area contributed by atoms with Gasteiger partial charge < -0.3 is 20.5 Å². The molecule has 5 rings (SSSR count). The van der Waals surface area contributed by atoms with Crippen LogP contribution in [0, 0.1) is 6.92 Å². The smallest absolute Gasteiger partial charge is 0.422 e. The first kappa shape index (κ1) is 27.2. The Kier molecular flexibility index (Phi) is 7.43. The minimum absolute atomic E-state index is 0.0166. The highest BCUT2D eigenvalue weighted by atomic mass is 19.4. The summed E-state index contributed by atoms with van der Waals surface area (Å²) in [6, 6.07) is 8.89. The molecule has 1 saturated heterocycles. The zero-order chi connectivity index (χ0) is 27.8. The number of carbonyl (C=O) groups excluding carboxylic acids is 1. The van der Waals surface area contributed by atoms with E-state index in [0.717, 1.165) is 37.2 Å². The highest BCUT2D eigenvalue weighted by molar-refractivity contribution is 5.93. The standard InChI is InChI=1S/C27H33F3N6O3/c1-17-3-4-18(12-31-17)26(38)9-7-20(8-10-26)36-14-19(15-36)33-24(37)13-32-25-22-11-21(39-16-27(28,29)30)5-6-23(22)35(2)34-25/h3-6,11-12,19-20,38H,7-10,13-16H2,1-2H3,(H,32,34)(H,33,37). The summed E-state index contributed by atoms with van der Waals surface area (Å²) in [4.78, 5) is 19.2. The molecule has 1 aliphatic heterocycles. The fraction of sp³-hybridized carbons (Fsp3) is 0.519. The number of pyridine rings is 1. The highest BCUT2D eigenvalue weighted by Gasteiger charge is 2.40. The van der Waals surface area contributed by atoms with Gasteiger partial charge in [-0.25, -0.2) is 0 Å². The van der Waals surface area contributed by atoms with E-state index in [1.165, 1.54) is 12.1 Å². The fourth-order valence-corrected chi connectivity index (χ4v) is 5.45. The van der Waals surface area contributed by atoms with Crippen LogP contribution in [0.25, 0.3) is 10.9 Å². The maximum atomic E-state index is 12.6. The van der Waals surface area contributed by atoms with Crippen molar-refractivity contribution in [2.24, 2.45) is 7.05 Å². The second-order valence-corrected chi connectivity index (χ2v) is 10.6. The summed E-state index contributed by atoms with van der Waals surface area (Å²) in [5.74, 6) is 0.285. The minimum Gasteiger partial charge on any atom is -0.484 e. The van der Waals surface area contributed by atoms with Gasteiger partial charge in [0.15, 0.2) is 12.4 Å². The van der Waals surface area contributed by atoms with Crippen molar-refractivity contribution >= 4 is 22.6 Å². The molecule has 0 atom stereocenters. The average molecular weight is 547 g/mol. The number of hydrogen-bond donors (Lipinski definition) is 3. The molecule has 2 aromatic heterocycles. The van der Waals surface area contributed by atoms with Gasteiger partial charge in [0.1, 0.15) is 5.75 Å². The van der Waals surface area contributed by atoms with E-state index in [-0.39, 0.29) is 24.2 Å². The first-order valence-electron chi connectivity index (χ1n) is 13.1. The summed E-state index contributed by atoms with van der Waals surface area (Å²) in [5, 5.41) is 22.0. The maximum absolute atomic E-state index is 12.6. The van der Waals surface area contributed by atoms with Gasteiger partial charge in [-0.3, -0.25) is 19.4 Å². The number of halogens is 3. The Balaban J connectivity index is 1.08. The third-order valence-corrected chi connectivity index (χ3v) is 7.66. The van der Waals surface area contributed by atoms with Crippen molar-refractivity contribution in [2.75, 3.05) is 31.6 Å². The number of anilines is 1. The van der Waals surface area contributed by atoms with Crippen LogP contribution in [0.15, 0.2) is 36.5 Å². The monoisotopic (exact) mass is 546 g/mol. The van der Waals surface area contributed by atoms with E-state index in [1.54, 1.807) is 24.0 Å². The van der Waals surface area contributed by atoms with Gasteiger partial charge in [-0.05, 0) is 56.9 Å². The third-order valence-electron chi connectivity index (χ3n) is 7.66. The number of aromatic nitrogens is 3. The largest absolute Gasteiger partial charge is 0.484 e. The molecule has 1 amide bonds. The van der Waals surface area contributed by atoms with Crippen molar-refractivity contribution in [1.29, 1.82) is 0 Å². The number of nitrogens with one attached hydrogen (secondary N) is 2.